The molecule has 0 aliphatic heterocycles. The second kappa shape index (κ2) is 7.02. The molecule has 0 bridgehead atoms. The lowest BCUT2D eigenvalue weighted by molar-refractivity contribution is -0.139. The van der Waals surface area contributed by atoms with Crippen LogP contribution in [0.1, 0.15) is 6.42 Å². The van der Waals surface area contributed by atoms with Gasteiger partial charge < -0.3 is 9.84 Å². The molecule has 0 spiro atoms. The number of sulfonamides is 1. The highest BCUT2D eigenvalue weighted by molar-refractivity contribution is 7.93. The van der Waals surface area contributed by atoms with Crippen molar-refractivity contribution < 1.29 is 31.5 Å². The highest BCUT2D eigenvalue weighted by atomic mass is 32.2. The Morgan fingerprint density at radius 2 is 1.83 bits per heavy atom. The Hall–Kier alpha value is -0.710. The molecule has 0 aromatic rings. The van der Waals surface area contributed by atoms with E-state index in [2.05, 4.69) is 4.72 Å². The largest absolute Gasteiger partial charge is 0.481 e. The predicted molar refractivity (Wildman–Crippen MR) is 64.6 cm³/mol. The zero-order valence-corrected chi connectivity index (χ0v) is 11.8. The highest BCUT2D eigenvalue weighted by Gasteiger charge is 2.18. The maximum Gasteiger partial charge on any atom is 0.306 e. The number of rotatable bonds is 9. The number of hydrogen-bond donors (Lipinski definition) is 2. The second-order valence-electron chi connectivity index (χ2n) is 3.75. The number of hydrogen-bond acceptors (Lipinski definition) is 6. The van der Waals surface area contributed by atoms with Crippen LogP contribution in [0.15, 0.2) is 0 Å². The van der Waals surface area contributed by atoms with Crippen LogP contribution < -0.4 is 4.72 Å². The number of aliphatic carboxylic acids is 1. The van der Waals surface area contributed by atoms with Crippen molar-refractivity contribution in [3.8, 4) is 0 Å². The summed E-state index contributed by atoms with van der Waals surface area (Å²) < 4.78 is 51.3. The van der Waals surface area contributed by atoms with Crippen LogP contribution in [-0.2, 0) is 29.4 Å². The topological polar surface area (TPSA) is 127 Å². The average molecular weight is 303 g/mol. The minimum atomic E-state index is -3.76. The van der Waals surface area contributed by atoms with Gasteiger partial charge in [0, 0.05) is 19.9 Å². The Labute approximate surface area is 106 Å². The zero-order chi connectivity index (χ0) is 14.4. The third kappa shape index (κ3) is 9.33. The van der Waals surface area contributed by atoms with Crippen molar-refractivity contribution in [1.29, 1.82) is 0 Å². The van der Waals surface area contributed by atoms with Crippen LogP contribution >= 0.6 is 0 Å². The first-order chi connectivity index (χ1) is 8.06. The van der Waals surface area contributed by atoms with Crippen molar-refractivity contribution in [3.63, 3.8) is 0 Å². The Morgan fingerprint density at radius 3 is 2.22 bits per heavy atom. The van der Waals surface area contributed by atoms with Crippen LogP contribution in [-0.4, -0.2) is 65.4 Å². The molecular formula is C8H17NO7S2. The number of carboxylic acids is 1. The van der Waals surface area contributed by atoms with E-state index in [1.165, 1.54) is 7.11 Å². The fourth-order valence-corrected chi connectivity index (χ4v) is 3.66. The Kier molecular flexibility index (Phi) is 6.74. The van der Waals surface area contributed by atoms with Gasteiger partial charge in [0.2, 0.25) is 10.0 Å². The van der Waals surface area contributed by atoms with Crippen LogP contribution in [0.4, 0.5) is 0 Å². The van der Waals surface area contributed by atoms with Gasteiger partial charge in [-0.2, -0.15) is 0 Å². The van der Waals surface area contributed by atoms with Crippen molar-refractivity contribution in [2.75, 3.05) is 31.4 Å². The zero-order valence-electron chi connectivity index (χ0n) is 10.1. The van der Waals surface area contributed by atoms with Crippen molar-refractivity contribution in [2.45, 2.75) is 12.5 Å². The van der Waals surface area contributed by atoms with E-state index < -0.39 is 43.4 Å². The van der Waals surface area contributed by atoms with Gasteiger partial charge in [0.25, 0.3) is 0 Å². The van der Waals surface area contributed by atoms with E-state index in [-0.39, 0.29) is 13.0 Å². The molecule has 0 saturated carbocycles. The minimum Gasteiger partial charge on any atom is -0.481 e. The van der Waals surface area contributed by atoms with Gasteiger partial charge in [-0.25, -0.2) is 21.6 Å². The standard InChI is InChI=1S/C8H17NO7S2/c1-16-7(5-8(10)11)6-9-18(14,15)4-3-17(2,12)13/h7,9H,3-6H2,1-2H3,(H,10,11). The van der Waals surface area contributed by atoms with E-state index in [0.717, 1.165) is 6.26 Å². The predicted octanol–water partition coefficient (Wildman–Crippen LogP) is -1.56. The molecule has 2 N–H and O–H groups in total. The third-order valence-corrected chi connectivity index (χ3v) is 4.54. The quantitative estimate of drug-likeness (QED) is 0.527. The molecule has 1 atom stereocenters. The van der Waals surface area contributed by atoms with Crippen LogP contribution in [0.3, 0.4) is 0 Å². The van der Waals surface area contributed by atoms with Gasteiger partial charge in [-0.1, -0.05) is 0 Å². The van der Waals surface area contributed by atoms with Crippen molar-refractivity contribution in [2.24, 2.45) is 0 Å². The van der Waals surface area contributed by atoms with Gasteiger partial charge in [0.1, 0.15) is 9.84 Å². The first kappa shape index (κ1) is 17.3. The molecule has 0 aromatic carbocycles. The van der Waals surface area contributed by atoms with Crippen molar-refractivity contribution in [3.05, 3.63) is 0 Å². The average Bonchev–Trinajstić information content (AvgIpc) is 2.20. The first-order valence-electron chi connectivity index (χ1n) is 4.95. The molecular weight excluding hydrogens is 286 g/mol. The summed E-state index contributed by atoms with van der Waals surface area (Å²) in [6.07, 6.45) is -0.203. The van der Waals surface area contributed by atoms with Crippen molar-refractivity contribution >= 4 is 25.8 Å². The van der Waals surface area contributed by atoms with Gasteiger partial charge in [-0.05, 0) is 0 Å². The third-order valence-electron chi connectivity index (χ3n) is 1.99. The maximum absolute atomic E-state index is 11.4. The summed E-state index contributed by atoms with van der Waals surface area (Å²) >= 11 is 0. The lowest BCUT2D eigenvalue weighted by atomic mass is 10.2. The summed E-state index contributed by atoms with van der Waals surface area (Å²) in [6, 6.07) is 0. The summed E-state index contributed by atoms with van der Waals surface area (Å²) in [5.74, 6) is -2.16. The van der Waals surface area contributed by atoms with Crippen LogP contribution in [0.5, 0.6) is 0 Å². The number of sulfone groups is 1. The number of carboxylic acid groups (broad SMARTS) is 1. The molecule has 8 nitrogen and oxygen atoms in total. The molecule has 0 aliphatic carbocycles. The molecule has 0 fully saturated rings. The second-order valence-corrected chi connectivity index (χ2v) is 7.94. The van der Waals surface area contributed by atoms with Crippen LogP contribution in [0, 0.1) is 0 Å². The molecule has 0 aliphatic rings. The van der Waals surface area contributed by atoms with Gasteiger partial charge >= 0.3 is 5.97 Å². The maximum atomic E-state index is 11.4. The van der Waals surface area contributed by atoms with E-state index in [0.29, 0.717) is 0 Å². The van der Waals surface area contributed by atoms with Crippen molar-refractivity contribution in [1.82, 2.24) is 4.72 Å². The SMILES string of the molecule is COC(CNS(=O)(=O)CCS(C)(=O)=O)CC(=O)O. The number of nitrogens with one attached hydrogen (secondary N) is 1. The van der Waals surface area contributed by atoms with Gasteiger partial charge in [0.05, 0.1) is 24.0 Å². The Morgan fingerprint density at radius 1 is 1.28 bits per heavy atom. The van der Waals surface area contributed by atoms with E-state index in [1.807, 2.05) is 0 Å². The monoisotopic (exact) mass is 303 g/mol. The summed E-state index contributed by atoms with van der Waals surface area (Å²) in [4.78, 5) is 10.4. The molecule has 0 radical (unpaired) electrons. The van der Waals surface area contributed by atoms with Crippen LogP contribution in [0.2, 0.25) is 0 Å². The smallest absolute Gasteiger partial charge is 0.306 e. The molecule has 0 aromatic heterocycles. The minimum absolute atomic E-state index is 0.213. The summed E-state index contributed by atoms with van der Waals surface area (Å²) in [7, 11) is -5.86. The van der Waals surface area contributed by atoms with E-state index in [9.17, 15) is 21.6 Å². The van der Waals surface area contributed by atoms with E-state index >= 15 is 0 Å². The lowest BCUT2D eigenvalue weighted by Gasteiger charge is -2.13. The Balaban J connectivity index is 4.29. The fourth-order valence-electron chi connectivity index (χ4n) is 0.987. The summed E-state index contributed by atoms with van der Waals surface area (Å²) in [5, 5.41) is 8.52. The molecule has 18 heavy (non-hydrogen) atoms. The van der Waals surface area contributed by atoms with E-state index in [1.54, 1.807) is 0 Å². The molecule has 0 saturated heterocycles. The number of methoxy groups -OCH3 is 1. The lowest BCUT2D eigenvalue weighted by Crippen LogP contribution is -2.37. The van der Waals surface area contributed by atoms with Gasteiger partial charge in [-0.3, -0.25) is 4.79 Å². The molecule has 0 heterocycles. The fraction of sp³-hybridized carbons (Fsp3) is 0.875. The first-order valence-corrected chi connectivity index (χ1v) is 8.66. The summed E-state index contributed by atoms with van der Waals surface area (Å²) in [5.41, 5.74) is 0. The van der Waals surface area contributed by atoms with Gasteiger partial charge in [0.15, 0.2) is 0 Å². The molecule has 0 amide bonds. The Bertz CT molecular complexity index is 468. The normalized spacial score (nSPS) is 14.3. The number of carbonyl (C=O) groups is 1. The van der Waals surface area contributed by atoms with Gasteiger partial charge in [-0.15, -0.1) is 0 Å². The number of ether oxygens (including phenoxy) is 1. The molecule has 1 unspecified atom stereocenters. The molecule has 0 rings (SSSR count). The van der Waals surface area contributed by atoms with Crippen LogP contribution in [0.25, 0.3) is 0 Å². The molecule has 108 valence electrons. The summed E-state index contributed by atoms with van der Waals surface area (Å²) in [6.45, 7) is -0.213. The highest BCUT2D eigenvalue weighted by Crippen LogP contribution is 1.97. The molecule has 10 heteroatoms. The van der Waals surface area contributed by atoms with E-state index in [4.69, 9.17) is 9.84 Å².